The van der Waals surface area contributed by atoms with Crippen molar-refractivity contribution in [3.63, 3.8) is 0 Å². The summed E-state index contributed by atoms with van der Waals surface area (Å²) in [6.07, 6.45) is 0. The van der Waals surface area contributed by atoms with Crippen molar-refractivity contribution in [2.24, 2.45) is 0 Å². The minimum Gasteiger partial charge on any atom is -0.329 e. The van der Waals surface area contributed by atoms with E-state index in [0.717, 1.165) is 22.5 Å². The summed E-state index contributed by atoms with van der Waals surface area (Å²) < 4.78 is 0. The summed E-state index contributed by atoms with van der Waals surface area (Å²) in [6, 6.07) is 17.5. The van der Waals surface area contributed by atoms with Gasteiger partial charge in [0.1, 0.15) is 17.3 Å². The van der Waals surface area contributed by atoms with Crippen LogP contribution in [0.1, 0.15) is 27.4 Å². The van der Waals surface area contributed by atoms with Gasteiger partial charge in [-0.3, -0.25) is 4.79 Å². The van der Waals surface area contributed by atoms with Crippen molar-refractivity contribution in [1.29, 1.82) is 0 Å². The van der Waals surface area contributed by atoms with Crippen molar-refractivity contribution in [2.75, 3.05) is 17.3 Å². The number of aryl methyl sites for hydroxylation is 3. The lowest BCUT2D eigenvalue weighted by atomic mass is 10.1. The third-order valence-electron chi connectivity index (χ3n) is 4.26. The number of rotatable bonds is 4. The van der Waals surface area contributed by atoms with Crippen molar-refractivity contribution >= 4 is 23.1 Å². The van der Waals surface area contributed by atoms with E-state index in [2.05, 4.69) is 15.3 Å². The van der Waals surface area contributed by atoms with Gasteiger partial charge in [-0.05, 0) is 44.0 Å². The first-order valence-corrected chi connectivity index (χ1v) is 8.48. The van der Waals surface area contributed by atoms with E-state index in [-0.39, 0.29) is 5.91 Å². The molecule has 0 fully saturated rings. The maximum Gasteiger partial charge on any atom is 0.274 e. The summed E-state index contributed by atoms with van der Waals surface area (Å²) in [5.74, 6) is 0.989. The molecule has 0 aliphatic carbocycles. The number of hydrogen-bond donors (Lipinski definition) is 1. The van der Waals surface area contributed by atoms with E-state index in [1.807, 2.05) is 74.3 Å². The molecule has 3 aromatic rings. The quantitative estimate of drug-likeness (QED) is 0.759. The predicted octanol–water partition coefficient (Wildman–Crippen LogP) is 4.42. The zero-order valence-electron chi connectivity index (χ0n) is 15.4. The van der Waals surface area contributed by atoms with Crippen LogP contribution in [0, 0.1) is 20.8 Å². The Hall–Kier alpha value is -3.21. The Morgan fingerprint density at radius 1 is 0.923 bits per heavy atom. The van der Waals surface area contributed by atoms with E-state index in [4.69, 9.17) is 0 Å². The molecule has 1 N–H and O–H groups in total. The summed E-state index contributed by atoms with van der Waals surface area (Å²) in [6.45, 7) is 5.74. The molecule has 5 heteroatoms. The van der Waals surface area contributed by atoms with Gasteiger partial charge in [0, 0.05) is 24.5 Å². The number of carbonyl (C=O) groups excluding carboxylic acids is 1. The van der Waals surface area contributed by atoms with E-state index in [9.17, 15) is 4.79 Å². The molecule has 0 bridgehead atoms. The monoisotopic (exact) mass is 346 g/mol. The molecule has 3 rings (SSSR count). The van der Waals surface area contributed by atoms with Crippen LogP contribution in [0.4, 0.5) is 17.2 Å². The normalized spacial score (nSPS) is 10.5. The van der Waals surface area contributed by atoms with Gasteiger partial charge in [0.2, 0.25) is 0 Å². The maximum absolute atomic E-state index is 12.8. The average Bonchev–Trinajstić information content (AvgIpc) is 2.64. The zero-order valence-corrected chi connectivity index (χ0v) is 15.4. The van der Waals surface area contributed by atoms with Gasteiger partial charge in [0.05, 0.1) is 0 Å². The molecular weight excluding hydrogens is 324 g/mol. The summed E-state index contributed by atoms with van der Waals surface area (Å²) >= 11 is 0. The van der Waals surface area contributed by atoms with Gasteiger partial charge in [0.25, 0.3) is 5.91 Å². The van der Waals surface area contributed by atoms with Gasteiger partial charge < -0.3 is 10.2 Å². The van der Waals surface area contributed by atoms with E-state index >= 15 is 0 Å². The Morgan fingerprint density at radius 3 is 2.23 bits per heavy atom. The summed E-state index contributed by atoms with van der Waals surface area (Å²) in [5.41, 5.74) is 4.20. The van der Waals surface area contributed by atoms with Crippen LogP contribution in [0.25, 0.3) is 0 Å². The molecule has 0 aliphatic heterocycles. The van der Waals surface area contributed by atoms with Gasteiger partial charge in [-0.25, -0.2) is 9.97 Å². The molecular formula is C21H22N4O. The Bertz CT molecular complexity index is 918. The summed E-state index contributed by atoms with van der Waals surface area (Å²) in [7, 11) is 1.92. The molecule has 0 saturated carbocycles. The molecule has 0 saturated heterocycles. The fraction of sp³-hybridized carbons (Fsp3) is 0.190. The first kappa shape index (κ1) is 17.6. The molecule has 2 aromatic carbocycles. The molecule has 0 radical (unpaired) electrons. The second kappa shape index (κ2) is 7.35. The van der Waals surface area contributed by atoms with Crippen molar-refractivity contribution in [3.05, 3.63) is 77.2 Å². The number of nitrogens with one attached hydrogen (secondary N) is 1. The predicted molar refractivity (Wildman–Crippen MR) is 105 cm³/mol. The zero-order chi connectivity index (χ0) is 18.7. The molecule has 1 amide bonds. The highest BCUT2D eigenvalue weighted by molar-refractivity contribution is 6.04. The Labute approximate surface area is 153 Å². The van der Waals surface area contributed by atoms with Crippen molar-refractivity contribution in [3.8, 4) is 0 Å². The fourth-order valence-corrected chi connectivity index (χ4v) is 2.81. The molecule has 1 aromatic heterocycles. The molecule has 1 heterocycles. The second-order valence-corrected chi connectivity index (χ2v) is 6.27. The number of benzene rings is 2. The standard InChI is InChI=1S/C21H22N4O/c1-14-9-8-10-15(2)20(14)24-21(26)18-13-19(23-16(3)22-18)25(4)17-11-6-5-7-12-17/h5-13H,1-4H3,(H,24,26). The van der Waals surface area contributed by atoms with E-state index < -0.39 is 0 Å². The number of hydrogen-bond acceptors (Lipinski definition) is 4. The van der Waals surface area contributed by atoms with Gasteiger partial charge in [-0.1, -0.05) is 36.4 Å². The number of carbonyl (C=O) groups is 1. The molecule has 132 valence electrons. The van der Waals surface area contributed by atoms with Gasteiger partial charge in [-0.2, -0.15) is 0 Å². The fourth-order valence-electron chi connectivity index (χ4n) is 2.81. The van der Waals surface area contributed by atoms with Gasteiger partial charge in [0.15, 0.2) is 0 Å². The van der Waals surface area contributed by atoms with Crippen LogP contribution in [0.15, 0.2) is 54.6 Å². The number of para-hydroxylation sites is 2. The Kier molecular flexibility index (Phi) is 4.98. The number of amides is 1. The largest absolute Gasteiger partial charge is 0.329 e. The lowest BCUT2D eigenvalue weighted by molar-refractivity contribution is 0.102. The van der Waals surface area contributed by atoms with E-state index in [0.29, 0.717) is 17.3 Å². The lowest BCUT2D eigenvalue weighted by Gasteiger charge is -2.19. The summed E-state index contributed by atoms with van der Waals surface area (Å²) in [5, 5.41) is 2.98. The minimum absolute atomic E-state index is 0.240. The molecule has 26 heavy (non-hydrogen) atoms. The van der Waals surface area contributed by atoms with Crippen molar-refractivity contribution < 1.29 is 4.79 Å². The highest BCUT2D eigenvalue weighted by atomic mass is 16.1. The molecule has 5 nitrogen and oxygen atoms in total. The Balaban J connectivity index is 1.91. The highest BCUT2D eigenvalue weighted by Gasteiger charge is 2.15. The van der Waals surface area contributed by atoms with Crippen LogP contribution in [0.2, 0.25) is 0 Å². The third-order valence-corrected chi connectivity index (χ3v) is 4.26. The lowest BCUT2D eigenvalue weighted by Crippen LogP contribution is -2.19. The van der Waals surface area contributed by atoms with Crippen molar-refractivity contribution in [2.45, 2.75) is 20.8 Å². The van der Waals surface area contributed by atoms with Crippen LogP contribution in [0.3, 0.4) is 0 Å². The van der Waals surface area contributed by atoms with Crippen LogP contribution < -0.4 is 10.2 Å². The van der Waals surface area contributed by atoms with Gasteiger partial charge >= 0.3 is 0 Å². The second-order valence-electron chi connectivity index (χ2n) is 6.27. The average molecular weight is 346 g/mol. The first-order chi connectivity index (χ1) is 12.5. The van der Waals surface area contributed by atoms with Gasteiger partial charge in [-0.15, -0.1) is 0 Å². The number of nitrogens with zero attached hydrogens (tertiary/aromatic N) is 3. The molecule has 0 spiro atoms. The Morgan fingerprint density at radius 2 is 1.58 bits per heavy atom. The summed E-state index contributed by atoms with van der Waals surface area (Å²) in [4.78, 5) is 23.5. The maximum atomic E-state index is 12.8. The third kappa shape index (κ3) is 3.72. The van der Waals surface area contributed by atoms with E-state index in [1.54, 1.807) is 13.0 Å². The van der Waals surface area contributed by atoms with Crippen molar-refractivity contribution in [1.82, 2.24) is 9.97 Å². The van der Waals surface area contributed by atoms with Crippen LogP contribution in [-0.2, 0) is 0 Å². The number of anilines is 3. The van der Waals surface area contributed by atoms with Crippen LogP contribution >= 0.6 is 0 Å². The molecule has 0 aliphatic rings. The van der Waals surface area contributed by atoms with E-state index in [1.165, 1.54) is 0 Å². The molecule has 0 unspecified atom stereocenters. The topological polar surface area (TPSA) is 58.1 Å². The number of aromatic nitrogens is 2. The van der Waals surface area contributed by atoms with Crippen LogP contribution in [0.5, 0.6) is 0 Å². The molecule has 0 atom stereocenters. The van der Waals surface area contributed by atoms with Crippen LogP contribution in [-0.4, -0.2) is 22.9 Å². The smallest absolute Gasteiger partial charge is 0.274 e. The minimum atomic E-state index is -0.240. The first-order valence-electron chi connectivity index (χ1n) is 8.48. The highest BCUT2D eigenvalue weighted by Crippen LogP contribution is 2.23. The SMILES string of the molecule is Cc1nc(C(=O)Nc2c(C)cccc2C)cc(N(C)c2ccccc2)n1.